The predicted molar refractivity (Wildman–Crippen MR) is 405 cm³/mol. The van der Waals surface area contributed by atoms with Gasteiger partial charge in [-0.2, -0.15) is 0 Å². The molecule has 0 amide bonds. The van der Waals surface area contributed by atoms with Crippen LogP contribution in [0.3, 0.4) is 0 Å². The normalized spacial score (nSPS) is 40.0. The molecule has 0 radical (unpaired) electrons. The Bertz CT molecular complexity index is 1950. The van der Waals surface area contributed by atoms with Gasteiger partial charge in [-0.05, 0) is 315 Å². The van der Waals surface area contributed by atoms with E-state index in [1.807, 2.05) is 0 Å². The Morgan fingerprint density at radius 1 is 0.278 bits per heavy atom. The lowest BCUT2D eigenvalue weighted by molar-refractivity contribution is 0.0202. The minimum absolute atomic E-state index is 0.547. The Kier molecular flexibility index (Phi) is 28.6. The summed E-state index contributed by atoms with van der Waals surface area (Å²) in [5.41, 5.74) is 6.66. The average molecular weight is 1250 g/mol. The Balaban J connectivity index is 0.000000184. The van der Waals surface area contributed by atoms with Crippen molar-refractivity contribution in [1.29, 1.82) is 0 Å². The highest BCUT2D eigenvalue weighted by atomic mass is 14.6. The summed E-state index contributed by atoms with van der Waals surface area (Å²) in [7, 11) is 0. The van der Waals surface area contributed by atoms with Gasteiger partial charge in [0.05, 0.1) is 0 Å². The van der Waals surface area contributed by atoms with E-state index in [1.54, 1.807) is 38.5 Å². The Hall–Kier alpha value is 0. The third kappa shape index (κ3) is 24.2. The molecule has 0 aromatic heterocycles. The minimum atomic E-state index is 0.547. The van der Waals surface area contributed by atoms with Crippen LogP contribution in [0.5, 0.6) is 0 Å². The fourth-order valence-electron chi connectivity index (χ4n) is 24.7. The summed E-state index contributed by atoms with van der Waals surface area (Å²) in [5.74, 6) is 16.6. The molecule has 15 aliphatic carbocycles. The van der Waals surface area contributed by atoms with Crippen LogP contribution < -0.4 is 0 Å². The van der Waals surface area contributed by atoms with Gasteiger partial charge in [-0.1, -0.05) is 259 Å². The summed E-state index contributed by atoms with van der Waals surface area (Å²) >= 11 is 0. The van der Waals surface area contributed by atoms with Gasteiger partial charge in [0, 0.05) is 0 Å². The number of hydrogen-bond donors (Lipinski definition) is 0. The van der Waals surface area contributed by atoms with Gasteiger partial charge in [-0.3, -0.25) is 0 Å². The minimum Gasteiger partial charge on any atom is -0.0625 e. The van der Waals surface area contributed by atoms with E-state index in [0.717, 1.165) is 100 Å². The fraction of sp³-hybridized carbons (Fsp3) is 1.00. The molecule has 15 fully saturated rings. The fourth-order valence-corrected chi connectivity index (χ4v) is 24.7. The van der Waals surface area contributed by atoms with Crippen LogP contribution in [-0.2, 0) is 0 Å². The molecule has 0 N–H and O–H groups in total. The van der Waals surface area contributed by atoms with Gasteiger partial charge in [0.1, 0.15) is 0 Å². The van der Waals surface area contributed by atoms with E-state index in [4.69, 9.17) is 0 Å². The van der Waals surface area contributed by atoms with Gasteiger partial charge in [0.15, 0.2) is 0 Å². The molecule has 90 heavy (non-hydrogen) atoms. The van der Waals surface area contributed by atoms with Crippen LogP contribution in [0, 0.1) is 154 Å². The van der Waals surface area contributed by atoms with Crippen LogP contribution >= 0.6 is 0 Å². The van der Waals surface area contributed by atoms with E-state index in [9.17, 15) is 0 Å². The predicted octanol–water partition coefficient (Wildman–Crippen LogP) is 30.2. The van der Waals surface area contributed by atoms with Crippen LogP contribution in [0.2, 0.25) is 0 Å². The Morgan fingerprint density at radius 3 is 0.967 bits per heavy atom. The maximum atomic E-state index is 2.49. The summed E-state index contributed by atoms with van der Waals surface area (Å²) in [6.45, 7) is 72.5. The number of rotatable bonds is 0. The van der Waals surface area contributed by atoms with Crippen LogP contribution in [-0.4, -0.2) is 0 Å². The van der Waals surface area contributed by atoms with E-state index >= 15 is 0 Å². The average Bonchev–Trinajstić information content (AvgIpc) is 1.54. The summed E-state index contributed by atoms with van der Waals surface area (Å²) in [4.78, 5) is 0. The van der Waals surface area contributed by atoms with Crippen molar-refractivity contribution in [1.82, 2.24) is 0 Å². The third-order valence-corrected chi connectivity index (χ3v) is 31.0. The van der Waals surface area contributed by atoms with Crippen molar-refractivity contribution in [3.8, 4) is 0 Å². The van der Waals surface area contributed by atoms with Crippen molar-refractivity contribution in [2.45, 2.75) is 420 Å². The Morgan fingerprint density at radius 2 is 0.700 bits per heavy atom. The SMILES string of the molecule is CC1(C)CC(C)(C)CC(C)(C)C1.CC1C(C)(C)CCCC1(C)C.CC1C2CCC(C2)[C@H]1C.CC1CC(C)(C)CC(C)(C)C1.CC1CCC(C)(C)CC1.C[C@@H]1C2CCC(C2)C1(C)C.C[C@@H]1CCCCC1(C)C.C[C@H]1CC2CCC1(C)CC2.C[C@H]1CC2CCC1CC2. The maximum Gasteiger partial charge on any atom is -0.0297 e. The molecule has 10 atom stereocenters. The van der Waals surface area contributed by atoms with Crippen molar-refractivity contribution in [2.24, 2.45) is 154 Å². The first-order valence-corrected chi connectivity index (χ1v) is 41.0. The molecule has 0 aliphatic heterocycles. The molecule has 0 aromatic carbocycles. The van der Waals surface area contributed by atoms with Crippen molar-refractivity contribution in [3.63, 3.8) is 0 Å². The number of hydrogen-bond acceptors (Lipinski definition) is 0. The zero-order valence-corrected chi connectivity index (χ0v) is 68.1. The van der Waals surface area contributed by atoms with E-state index in [2.05, 4.69) is 208 Å². The molecule has 5 unspecified atom stereocenters. The number of fused-ring (bicyclic) bond motifs is 10. The summed E-state index contributed by atoms with van der Waals surface area (Å²) < 4.78 is 0. The molecule has 0 saturated heterocycles. The van der Waals surface area contributed by atoms with Crippen LogP contribution in [0.25, 0.3) is 0 Å². The highest BCUT2D eigenvalue weighted by Gasteiger charge is 2.51. The van der Waals surface area contributed by atoms with E-state index in [0.29, 0.717) is 54.1 Å². The van der Waals surface area contributed by atoms with Gasteiger partial charge < -0.3 is 0 Å². The van der Waals surface area contributed by atoms with E-state index in [-0.39, 0.29) is 0 Å². The summed E-state index contributed by atoms with van der Waals surface area (Å²) in [5, 5.41) is 0. The largest absolute Gasteiger partial charge is 0.0625 e. The smallest absolute Gasteiger partial charge is 0.0297 e. The van der Waals surface area contributed by atoms with E-state index < -0.39 is 0 Å². The second-order valence-corrected chi connectivity index (χ2v) is 44.7. The second kappa shape index (κ2) is 31.9. The van der Waals surface area contributed by atoms with Gasteiger partial charge in [-0.25, -0.2) is 0 Å². The summed E-state index contributed by atoms with van der Waals surface area (Å²) in [6.07, 6.45) is 48.8. The molecule has 0 nitrogen and oxygen atoms in total. The first kappa shape index (κ1) is 80.7. The molecule has 0 aromatic rings. The van der Waals surface area contributed by atoms with E-state index in [1.165, 1.54) is 173 Å². The maximum absolute atomic E-state index is 2.49. The van der Waals surface area contributed by atoms with Crippen molar-refractivity contribution >= 4 is 0 Å². The standard InChI is InChI=1S/C12H24.2C11H22.2C10H18.2C9H16.2C9H18/c1-10(2)7-11(3,4)9-12(5,6)8-10;1-9-6-10(2,3)8-11(4,5)7-9;1-9-10(2,3)7-6-8-11(9,4)5;1-7-8-4-5-9(6-8)10(7,2)3;1-8-7-9-3-5-10(8,2)6-4-9;1-6-7(2)9-4-3-8(6)5-9;1-7-6-8-2-4-9(7)5-3-8;1-8-4-6-9(2,3)7-5-8;1-8-6-4-5-7-9(8,2)3/h7-9H2,1-6H3;2*9H,6-8H2,1-5H3;7-9H,4-6H2,1-3H3;8-9H,3-7H2,1-2H3;6-9H,3-5H2,1-2H3;7-9H,2-6H2,1H3;2*8H,4-7H2,1-3H3/t;;;7-,8?,9?;8-,9?,10?;6-,7?,8?,9?;7-,8?,9?;;8-/m...1000.1/s1. The zero-order chi connectivity index (χ0) is 68.1. The van der Waals surface area contributed by atoms with Crippen LogP contribution in [0.15, 0.2) is 0 Å². The van der Waals surface area contributed by atoms with Crippen molar-refractivity contribution in [2.75, 3.05) is 0 Å². The van der Waals surface area contributed by atoms with Crippen molar-refractivity contribution in [3.05, 3.63) is 0 Å². The molecule has 0 heteroatoms. The quantitative estimate of drug-likeness (QED) is 0.227. The molecule has 8 bridgehead atoms. The molecule has 15 saturated carbocycles. The molecule has 15 aliphatic rings. The third-order valence-electron chi connectivity index (χ3n) is 31.0. The highest BCUT2D eigenvalue weighted by molar-refractivity contribution is 5.00. The first-order chi connectivity index (χ1) is 41.0. The molecule has 0 heterocycles. The highest BCUT2D eigenvalue weighted by Crippen LogP contribution is 2.60. The zero-order valence-electron chi connectivity index (χ0n) is 68.1. The Labute approximate surface area is 570 Å². The van der Waals surface area contributed by atoms with Gasteiger partial charge in [-0.15, -0.1) is 0 Å². The topological polar surface area (TPSA) is 0 Å². The molecule has 0 spiro atoms. The van der Waals surface area contributed by atoms with Gasteiger partial charge in [0.25, 0.3) is 0 Å². The van der Waals surface area contributed by atoms with Crippen LogP contribution in [0.4, 0.5) is 0 Å². The van der Waals surface area contributed by atoms with Crippen LogP contribution in [0.1, 0.15) is 420 Å². The van der Waals surface area contributed by atoms with Gasteiger partial charge in [0.2, 0.25) is 0 Å². The molecular weight excluding hydrogens is 1080 g/mol. The lowest BCUT2D eigenvalue weighted by Crippen LogP contribution is -2.38. The molecular formula is C90H172. The lowest BCUT2D eigenvalue weighted by atomic mass is 9.56. The first-order valence-electron chi connectivity index (χ1n) is 41.0. The monoisotopic (exact) mass is 1250 g/mol. The molecule has 532 valence electrons. The van der Waals surface area contributed by atoms with Crippen molar-refractivity contribution < 1.29 is 0 Å². The lowest BCUT2D eigenvalue weighted by Gasteiger charge is -2.49. The summed E-state index contributed by atoms with van der Waals surface area (Å²) in [6, 6.07) is 0. The van der Waals surface area contributed by atoms with Gasteiger partial charge >= 0.3 is 0 Å². The molecule has 15 rings (SSSR count). The second-order valence-electron chi connectivity index (χ2n) is 44.7.